The van der Waals surface area contributed by atoms with Crippen LogP contribution in [0.25, 0.3) is 10.9 Å². The third-order valence-corrected chi connectivity index (χ3v) is 3.91. The van der Waals surface area contributed by atoms with E-state index in [0.717, 1.165) is 41.5 Å². The lowest BCUT2D eigenvalue weighted by molar-refractivity contribution is -0.122. The van der Waals surface area contributed by atoms with Gasteiger partial charge in [-0.15, -0.1) is 0 Å². The normalized spacial score (nSPS) is 14.2. The summed E-state index contributed by atoms with van der Waals surface area (Å²) in [6, 6.07) is 7.57. The van der Waals surface area contributed by atoms with Gasteiger partial charge in [-0.1, -0.05) is 11.6 Å². The zero-order chi connectivity index (χ0) is 14.8. The summed E-state index contributed by atoms with van der Waals surface area (Å²) >= 11 is 6.07. The molecule has 0 bridgehead atoms. The number of amides is 1. The fraction of sp³-hybridized carbons (Fsp3) is 0.375. The fourth-order valence-corrected chi connectivity index (χ4v) is 2.61. The van der Waals surface area contributed by atoms with Crippen LogP contribution in [0.3, 0.4) is 0 Å². The quantitative estimate of drug-likeness (QED) is 0.864. The van der Waals surface area contributed by atoms with Crippen LogP contribution in [0.4, 0.5) is 0 Å². The van der Waals surface area contributed by atoms with Gasteiger partial charge in [-0.3, -0.25) is 4.79 Å². The van der Waals surface area contributed by atoms with E-state index in [4.69, 9.17) is 16.3 Å². The number of fused-ring (bicyclic) bond motifs is 1. The molecule has 1 aromatic heterocycles. The van der Waals surface area contributed by atoms with Gasteiger partial charge in [-0.2, -0.15) is 0 Å². The third kappa shape index (κ3) is 3.27. The number of pyridine rings is 1. The van der Waals surface area contributed by atoms with Gasteiger partial charge in [0.2, 0.25) is 5.91 Å². The van der Waals surface area contributed by atoms with Crippen molar-refractivity contribution >= 4 is 28.4 Å². The van der Waals surface area contributed by atoms with Crippen molar-refractivity contribution < 1.29 is 9.53 Å². The number of carbonyl (C=O) groups excluding carboxylic acids is 1. The Hall–Kier alpha value is -1.81. The standard InChI is InChI=1S/C16H17ClN2O2/c1-21-12-4-5-14-13(9-12)11(8-15(17)19-14)6-7-18-16(20)10-2-3-10/h4-5,8-10H,2-3,6-7H2,1H3,(H,18,20). The Kier molecular flexibility index (Phi) is 3.97. The molecule has 1 amide bonds. The van der Waals surface area contributed by atoms with Crippen LogP contribution in [-0.4, -0.2) is 24.5 Å². The molecule has 21 heavy (non-hydrogen) atoms. The van der Waals surface area contributed by atoms with Crippen molar-refractivity contribution in [1.82, 2.24) is 10.3 Å². The lowest BCUT2D eigenvalue weighted by Crippen LogP contribution is -2.27. The lowest BCUT2D eigenvalue weighted by Gasteiger charge is -2.09. The molecule has 5 heteroatoms. The maximum atomic E-state index is 11.7. The number of nitrogens with one attached hydrogen (secondary N) is 1. The number of hydrogen-bond acceptors (Lipinski definition) is 3. The Labute approximate surface area is 128 Å². The number of hydrogen-bond donors (Lipinski definition) is 1. The van der Waals surface area contributed by atoms with E-state index < -0.39 is 0 Å². The molecule has 0 spiro atoms. The van der Waals surface area contributed by atoms with Crippen LogP contribution in [0.15, 0.2) is 24.3 Å². The van der Waals surface area contributed by atoms with Crippen molar-refractivity contribution in [2.75, 3.05) is 13.7 Å². The van der Waals surface area contributed by atoms with Gasteiger partial charge in [0, 0.05) is 17.8 Å². The molecular weight excluding hydrogens is 288 g/mol. The van der Waals surface area contributed by atoms with Crippen LogP contribution in [0.5, 0.6) is 5.75 Å². The Morgan fingerprint density at radius 1 is 1.43 bits per heavy atom. The number of nitrogens with zero attached hydrogens (tertiary/aromatic N) is 1. The zero-order valence-corrected chi connectivity index (χ0v) is 12.6. The van der Waals surface area contributed by atoms with Gasteiger partial charge in [0.05, 0.1) is 12.6 Å². The average Bonchev–Trinajstić information content (AvgIpc) is 3.31. The van der Waals surface area contributed by atoms with Gasteiger partial charge in [0.15, 0.2) is 0 Å². The first-order chi connectivity index (χ1) is 10.2. The maximum Gasteiger partial charge on any atom is 0.223 e. The Morgan fingerprint density at radius 2 is 2.24 bits per heavy atom. The van der Waals surface area contributed by atoms with Gasteiger partial charge in [-0.05, 0) is 49.1 Å². The van der Waals surface area contributed by atoms with Crippen LogP contribution >= 0.6 is 11.6 Å². The molecular formula is C16H17ClN2O2. The van der Waals surface area contributed by atoms with Gasteiger partial charge < -0.3 is 10.1 Å². The molecule has 3 rings (SSSR count). The first-order valence-corrected chi connectivity index (χ1v) is 7.46. The predicted octanol–water partition coefficient (Wildman–Crippen LogP) is 2.97. The minimum Gasteiger partial charge on any atom is -0.497 e. The number of ether oxygens (including phenoxy) is 1. The molecule has 2 aromatic rings. The molecule has 0 radical (unpaired) electrons. The van der Waals surface area contributed by atoms with E-state index in [9.17, 15) is 4.79 Å². The van der Waals surface area contributed by atoms with Gasteiger partial charge in [0.1, 0.15) is 10.9 Å². The second-order valence-electron chi connectivity index (χ2n) is 5.30. The summed E-state index contributed by atoms with van der Waals surface area (Å²) in [7, 11) is 1.64. The summed E-state index contributed by atoms with van der Waals surface area (Å²) < 4.78 is 5.26. The summed E-state index contributed by atoms with van der Waals surface area (Å²) in [5.41, 5.74) is 1.91. The number of carbonyl (C=O) groups is 1. The summed E-state index contributed by atoms with van der Waals surface area (Å²) in [5, 5.41) is 4.45. The Balaban J connectivity index is 1.80. The molecule has 0 unspecified atom stereocenters. The summed E-state index contributed by atoms with van der Waals surface area (Å²) in [6.07, 6.45) is 2.77. The van der Waals surface area contributed by atoms with E-state index >= 15 is 0 Å². The van der Waals surface area contributed by atoms with Crippen LogP contribution in [0.2, 0.25) is 5.15 Å². The Morgan fingerprint density at radius 3 is 2.95 bits per heavy atom. The summed E-state index contributed by atoms with van der Waals surface area (Å²) in [4.78, 5) is 16.0. The first kappa shape index (κ1) is 14.1. The van der Waals surface area contributed by atoms with Gasteiger partial charge in [-0.25, -0.2) is 4.98 Å². The minimum absolute atomic E-state index is 0.164. The van der Waals surface area contributed by atoms with Gasteiger partial charge in [0.25, 0.3) is 0 Å². The highest BCUT2D eigenvalue weighted by molar-refractivity contribution is 6.29. The summed E-state index contributed by atoms with van der Waals surface area (Å²) in [5.74, 6) is 1.19. The highest BCUT2D eigenvalue weighted by Crippen LogP contribution is 2.29. The molecule has 1 aliphatic carbocycles. The monoisotopic (exact) mass is 304 g/mol. The predicted molar refractivity (Wildman–Crippen MR) is 82.7 cm³/mol. The average molecular weight is 305 g/mol. The van der Waals surface area contributed by atoms with E-state index in [1.54, 1.807) is 7.11 Å². The van der Waals surface area contributed by atoms with Crippen molar-refractivity contribution in [3.63, 3.8) is 0 Å². The van der Waals surface area contributed by atoms with Crippen molar-refractivity contribution in [1.29, 1.82) is 0 Å². The van der Waals surface area contributed by atoms with Crippen molar-refractivity contribution in [3.8, 4) is 5.75 Å². The van der Waals surface area contributed by atoms with Crippen molar-refractivity contribution in [2.45, 2.75) is 19.3 Å². The van der Waals surface area contributed by atoms with E-state index in [1.165, 1.54) is 0 Å². The number of methoxy groups -OCH3 is 1. The van der Waals surface area contributed by atoms with Crippen LogP contribution in [0.1, 0.15) is 18.4 Å². The smallest absolute Gasteiger partial charge is 0.223 e. The molecule has 0 atom stereocenters. The number of aromatic nitrogens is 1. The van der Waals surface area contributed by atoms with Crippen molar-refractivity contribution in [2.24, 2.45) is 5.92 Å². The molecule has 1 aliphatic rings. The minimum atomic E-state index is 0.164. The van der Waals surface area contributed by atoms with Crippen LogP contribution in [0, 0.1) is 5.92 Å². The zero-order valence-electron chi connectivity index (χ0n) is 11.9. The molecule has 0 saturated heterocycles. The van der Waals surface area contributed by atoms with Crippen LogP contribution in [-0.2, 0) is 11.2 Å². The summed E-state index contributed by atoms with van der Waals surface area (Å²) in [6.45, 7) is 0.613. The molecule has 1 aromatic carbocycles. The highest BCUT2D eigenvalue weighted by Gasteiger charge is 2.29. The van der Waals surface area contributed by atoms with Gasteiger partial charge >= 0.3 is 0 Å². The molecule has 110 valence electrons. The molecule has 0 aliphatic heterocycles. The third-order valence-electron chi connectivity index (χ3n) is 3.71. The molecule has 4 nitrogen and oxygen atoms in total. The second-order valence-corrected chi connectivity index (χ2v) is 5.69. The Bertz CT molecular complexity index is 683. The van der Waals surface area contributed by atoms with Crippen molar-refractivity contribution in [3.05, 3.63) is 35.0 Å². The van der Waals surface area contributed by atoms with E-state index in [2.05, 4.69) is 10.3 Å². The lowest BCUT2D eigenvalue weighted by atomic mass is 10.1. The number of halogens is 1. The second kappa shape index (κ2) is 5.90. The van der Waals surface area contributed by atoms with Crippen LogP contribution < -0.4 is 10.1 Å². The molecule has 1 heterocycles. The maximum absolute atomic E-state index is 11.7. The fourth-order valence-electron chi connectivity index (χ4n) is 2.38. The molecule has 1 N–H and O–H groups in total. The van der Waals surface area contributed by atoms with E-state index in [0.29, 0.717) is 11.7 Å². The SMILES string of the molecule is COc1ccc2nc(Cl)cc(CCNC(=O)C3CC3)c2c1. The largest absolute Gasteiger partial charge is 0.497 e. The molecule has 1 fully saturated rings. The number of benzene rings is 1. The highest BCUT2D eigenvalue weighted by atomic mass is 35.5. The molecule has 1 saturated carbocycles. The number of rotatable bonds is 5. The first-order valence-electron chi connectivity index (χ1n) is 7.08. The van der Waals surface area contributed by atoms with E-state index in [1.807, 2.05) is 24.3 Å². The topological polar surface area (TPSA) is 51.2 Å². The van der Waals surface area contributed by atoms with E-state index in [-0.39, 0.29) is 11.8 Å².